The van der Waals surface area contributed by atoms with Crippen molar-refractivity contribution in [2.45, 2.75) is 125 Å². The first-order chi connectivity index (χ1) is 22.3. The molecule has 262 valence electrons. The number of ether oxygens (including phenoxy) is 5. The van der Waals surface area contributed by atoms with Crippen molar-refractivity contribution in [3.05, 3.63) is 60.8 Å². The first-order valence-electron chi connectivity index (χ1n) is 15.9. The first-order valence-corrected chi connectivity index (χ1v) is 15.9. The van der Waals surface area contributed by atoms with Gasteiger partial charge in [-0.25, -0.2) is 4.79 Å². The lowest BCUT2D eigenvalue weighted by Crippen LogP contribution is -2.61. The van der Waals surface area contributed by atoms with Crippen molar-refractivity contribution in [2.24, 2.45) is 11.7 Å². The second kappa shape index (κ2) is 16.6. The van der Waals surface area contributed by atoms with E-state index in [4.69, 9.17) is 29.4 Å². The molecule has 3 fully saturated rings. The number of esters is 1. The summed E-state index contributed by atoms with van der Waals surface area (Å²) in [6, 6.07) is -1.08. The van der Waals surface area contributed by atoms with Crippen LogP contribution in [0, 0.1) is 5.92 Å². The highest BCUT2D eigenvalue weighted by atomic mass is 16.7. The topological polar surface area (TPSA) is 231 Å². The molecule has 0 aliphatic carbocycles. The van der Waals surface area contributed by atoms with Gasteiger partial charge in [-0.1, -0.05) is 48.6 Å². The lowest BCUT2D eigenvalue weighted by atomic mass is 9.83. The number of rotatable bonds is 3. The molecular weight excluding hydrogens is 618 g/mol. The Labute approximate surface area is 273 Å². The molecule has 0 aromatic heterocycles. The molecule has 4 aliphatic heterocycles. The number of hydrogen-bond donors (Lipinski definition) is 7. The van der Waals surface area contributed by atoms with E-state index in [1.807, 2.05) is 6.08 Å². The maximum atomic E-state index is 12.3. The molecule has 4 heterocycles. The fourth-order valence-electron chi connectivity index (χ4n) is 6.00. The van der Waals surface area contributed by atoms with Crippen molar-refractivity contribution < 1.29 is 63.9 Å². The van der Waals surface area contributed by atoms with Gasteiger partial charge in [-0.3, -0.25) is 4.79 Å². The zero-order valence-electron chi connectivity index (χ0n) is 26.4. The normalized spacial score (nSPS) is 47.2. The number of aliphatic hydroxyl groups excluding tert-OH is 4. The summed E-state index contributed by atoms with van der Waals surface area (Å²) in [7, 11) is 0. The van der Waals surface area contributed by atoms with E-state index >= 15 is 0 Å². The number of aliphatic carboxylic acids is 1. The van der Waals surface area contributed by atoms with Crippen LogP contribution in [0.3, 0.4) is 0 Å². The maximum absolute atomic E-state index is 12.3. The van der Waals surface area contributed by atoms with E-state index in [1.165, 1.54) is 12.2 Å². The zero-order chi connectivity index (χ0) is 34.3. The van der Waals surface area contributed by atoms with Gasteiger partial charge in [0.25, 0.3) is 0 Å². The van der Waals surface area contributed by atoms with Gasteiger partial charge in [0.2, 0.25) is 0 Å². The van der Waals surface area contributed by atoms with Crippen molar-refractivity contribution >= 4 is 11.9 Å². The highest BCUT2D eigenvalue weighted by Gasteiger charge is 2.51. The molecule has 2 bridgehead atoms. The SMILES string of the molecule is C[C@@H]1C/C=C/C=C/C=C/C=C/[C@H](O[C@@H]2O[C@H](C)C(O)[C@H](N)[C@@H]2O)C[C@@H]2O[C@](O)(C[C@@H](O)C[C@H]3O[C@@H]3/C=C/C(=O)O1)C[C@H](O)[C@H]2C(=O)O. The van der Waals surface area contributed by atoms with Crippen LogP contribution in [0.1, 0.15) is 46.0 Å². The Bertz CT molecular complexity index is 1220. The third-order valence-corrected chi connectivity index (χ3v) is 8.58. The van der Waals surface area contributed by atoms with Crippen LogP contribution in [0.5, 0.6) is 0 Å². The minimum atomic E-state index is -2.10. The molecule has 14 atom stereocenters. The third-order valence-electron chi connectivity index (χ3n) is 8.58. The highest BCUT2D eigenvalue weighted by molar-refractivity contribution is 5.82. The standard InChI is InChI=1S/C33H47NO13/c1-18-10-8-6-4-3-5-7-9-11-21(45-32-30(39)28(34)29(38)19(2)44-32)15-25-27(31(40)41)22(36)17-33(42,47-25)16-20(35)14-24-23(46-24)12-13-26(37)43-18/h3-9,11-13,18-25,27-30,32,35-36,38-39,42H,10,14-17,34H2,1-2H3,(H,40,41)/b4-3+,7-5+,8-6+,11-9+,13-12+/t18-,19-,20+,21+,22+,23-,24-,25+,27-,28+,29?,30+,32+,33-/m1/s1. The number of carbonyl (C=O) groups is 2. The maximum Gasteiger partial charge on any atom is 0.330 e. The quantitative estimate of drug-likeness (QED) is 0.157. The Hall–Kier alpha value is -2.76. The molecule has 0 amide bonds. The van der Waals surface area contributed by atoms with E-state index in [0.29, 0.717) is 6.42 Å². The van der Waals surface area contributed by atoms with E-state index in [2.05, 4.69) is 0 Å². The van der Waals surface area contributed by atoms with E-state index in [1.54, 1.807) is 56.4 Å². The summed E-state index contributed by atoms with van der Waals surface area (Å²) >= 11 is 0. The van der Waals surface area contributed by atoms with Crippen molar-refractivity contribution in [2.75, 3.05) is 0 Å². The highest BCUT2D eigenvalue weighted by Crippen LogP contribution is 2.39. The molecule has 8 N–H and O–H groups in total. The van der Waals surface area contributed by atoms with E-state index < -0.39 is 97.3 Å². The Morgan fingerprint density at radius 3 is 2.36 bits per heavy atom. The molecule has 0 aromatic carbocycles. The lowest BCUT2D eigenvalue weighted by molar-refractivity contribution is -0.308. The van der Waals surface area contributed by atoms with Gasteiger partial charge in [-0.05, 0) is 19.9 Å². The number of allylic oxidation sites excluding steroid dienone is 6. The molecule has 47 heavy (non-hydrogen) atoms. The molecular formula is C33H47NO13. The van der Waals surface area contributed by atoms with Crippen LogP contribution in [0.4, 0.5) is 0 Å². The van der Waals surface area contributed by atoms with Gasteiger partial charge >= 0.3 is 11.9 Å². The first kappa shape index (κ1) is 37.1. The summed E-state index contributed by atoms with van der Waals surface area (Å²) in [5, 5.41) is 63.9. The van der Waals surface area contributed by atoms with Gasteiger partial charge in [0.1, 0.15) is 24.2 Å². The molecule has 4 rings (SSSR count). The summed E-state index contributed by atoms with van der Waals surface area (Å²) < 4.78 is 28.5. The number of hydrogen-bond acceptors (Lipinski definition) is 13. The lowest BCUT2D eigenvalue weighted by Gasteiger charge is -2.45. The van der Waals surface area contributed by atoms with Crippen LogP contribution in [0.2, 0.25) is 0 Å². The van der Waals surface area contributed by atoms with Crippen LogP contribution < -0.4 is 5.73 Å². The van der Waals surface area contributed by atoms with E-state index in [9.17, 15) is 40.2 Å². The number of carbonyl (C=O) groups excluding carboxylic acids is 1. The van der Waals surface area contributed by atoms with Gasteiger partial charge in [0.15, 0.2) is 12.1 Å². The molecule has 14 nitrogen and oxygen atoms in total. The average Bonchev–Trinajstić information content (AvgIpc) is 3.72. The van der Waals surface area contributed by atoms with E-state index in [0.717, 1.165) is 0 Å². The number of cyclic esters (lactones) is 1. The predicted molar refractivity (Wildman–Crippen MR) is 165 cm³/mol. The average molecular weight is 666 g/mol. The monoisotopic (exact) mass is 665 g/mol. The summed E-state index contributed by atoms with van der Waals surface area (Å²) in [5.74, 6) is -5.45. The fraction of sp³-hybridized carbons (Fsp3) is 0.636. The number of aliphatic hydroxyl groups is 5. The summed E-state index contributed by atoms with van der Waals surface area (Å²) in [5.41, 5.74) is 5.98. The molecule has 3 saturated heterocycles. The predicted octanol–water partition coefficient (Wildman–Crippen LogP) is 0.120. The number of carboxylic acids is 1. The number of nitrogens with two attached hydrogens (primary N) is 1. The molecule has 0 spiro atoms. The molecule has 0 radical (unpaired) electrons. The Morgan fingerprint density at radius 2 is 1.64 bits per heavy atom. The second-order valence-electron chi connectivity index (χ2n) is 12.6. The molecule has 0 aromatic rings. The number of fused-ring (bicyclic) bond motifs is 3. The molecule has 0 saturated carbocycles. The van der Waals surface area contributed by atoms with Gasteiger partial charge in [-0.2, -0.15) is 0 Å². The fourth-order valence-corrected chi connectivity index (χ4v) is 6.00. The minimum absolute atomic E-state index is 0.0789. The van der Waals surface area contributed by atoms with Crippen LogP contribution >= 0.6 is 0 Å². The molecule has 1 unspecified atom stereocenters. The van der Waals surface area contributed by atoms with Crippen LogP contribution in [0.25, 0.3) is 0 Å². The number of carboxylic acid groups (broad SMARTS) is 1. The molecule has 14 heteroatoms. The Kier molecular flexibility index (Phi) is 13.1. The van der Waals surface area contributed by atoms with Gasteiger partial charge in [-0.15, -0.1) is 0 Å². The number of epoxide rings is 1. The van der Waals surface area contributed by atoms with Crippen LogP contribution in [0.15, 0.2) is 60.8 Å². The summed E-state index contributed by atoms with van der Waals surface area (Å²) in [6.07, 6.45) is 5.25. The second-order valence-corrected chi connectivity index (χ2v) is 12.6. The van der Waals surface area contributed by atoms with Crippen LogP contribution in [-0.4, -0.2) is 122 Å². The third kappa shape index (κ3) is 10.6. The largest absolute Gasteiger partial charge is 0.481 e. The Morgan fingerprint density at radius 1 is 0.936 bits per heavy atom. The smallest absolute Gasteiger partial charge is 0.330 e. The summed E-state index contributed by atoms with van der Waals surface area (Å²) in [4.78, 5) is 24.4. The zero-order valence-corrected chi connectivity index (χ0v) is 26.4. The minimum Gasteiger partial charge on any atom is -0.481 e. The van der Waals surface area contributed by atoms with Gasteiger partial charge < -0.3 is 60.1 Å². The summed E-state index contributed by atoms with van der Waals surface area (Å²) in [6.45, 7) is 3.34. The van der Waals surface area contributed by atoms with Crippen molar-refractivity contribution in [3.63, 3.8) is 0 Å². The van der Waals surface area contributed by atoms with Gasteiger partial charge in [0, 0.05) is 38.2 Å². The van der Waals surface area contributed by atoms with Crippen molar-refractivity contribution in [1.82, 2.24) is 0 Å². The van der Waals surface area contributed by atoms with Crippen molar-refractivity contribution in [1.29, 1.82) is 0 Å². The van der Waals surface area contributed by atoms with Crippen LogP contribution in [-0.2, 0) is 33.3 Å². The molecule has 4 aliphatic rings. The van der Waals surface area contributed by atoms with Gasteiger partial charge in [0.05, 0.1) is 48.8 Å². The van der Waals surface area contributed by atoms with E-state index in [-0.39, 0.29) is 25.4 Å². The van der Waals surface area contributed by atoms with Crippen molar-refractivity contribution in [3.8, 4) is 0 Å². The Balaban J connectivity index is 1.58.